The summed E-state index contributed by atoms with van der Waals surface area (Å²) in [7, 11) is 0. The fourth-order valence-corrected chi connectivity index (χ4v) is 4.47. The van der Waals surface area contributed by atoms with Gasteiger partial charge in [-0.25, -0.2) is 14.4 Å². The van der Waals surface area contributed by atoms with Crippen LogP contribution in [0.1, 0.15) is 0 Å². The largest absolute Gasteiger partial charge is 0.369 e. The number of aromatic nitrogens is 3. The third-order valence-electron chi connectivity index (χ3n) is 4.74. The van der Waals surface area contributed by atoms with Crippen LogP contribution in [0.5, 0.6) is 0 Å². The van der Waals surface area contributed by atoms with E-state index < -0.39 is 0 Å². The average molecular weight is 464 g/mol. The molecule has 2 aromatic carbocycles. The molecule has 4 aromatic rings. The number of hydrogen-bond donors (Lipinski definition) is 2. The van der Waals surface area contributed by atoms with E-state index in [0.29, 0.717) is 0 Å². The second-order valence-corrected chi connectivity index (χ2v) is 8.74. The lowest BCUT2D eigenvalue weighted by Gasteiger charge is -2.09. The van der Waals surface area contributed by atoms with Gasteiger partial charge in [0.15, 0.2) is 5.16 Å². The summed E-state index contributed by atoms with van der Waals surface area (Å²) in [6, 6.07) is 18.3. The lowest BCUT2D eigenvalue weighted by Crippen LogP contribution is -2.05. The van der Waals surface area contributed by atoms with Crippen LogP contribution in [0.2, 0.25) is 0 Å². The van der Waals surface area contributed by atoms with Crippen LogP contribution in [0.3, 0.4) is 0 Å². The minimum atomic E-state index is -0.264. The normalized spacial score (nSPS) is 10.8. The molecule has 0 aliphatic rings. The van der Waals surface area contributed by atoms with Gasteiger partial charge in [-0.15, -0.1) is 11.8 Å². The molecule has 0 aliphatic heterocycles. The molecule has 2 aromatic heterocycles. The highest BCUT2D eigenvalue weighted by Crippen LogP contribution is 2.33. The summed E-state index contributed by atoms with van der Waals surface area (Å²) in [4.78, 5) is 17.7. The summed E-state index contributed by atoms with van der Waals surface area (Å²) in [6.07, 6.45) is 3.73. The summed E-state index contributed by atoms with van der Waals surface area (Å²) < 4.78 is 13.4. The molecule has 2 N–H and O–H groups in total. The molecule has 0 unspecified atom stereocenters. The lowest BCUT2D eigenvalue weighted by molar-refractivity contribution is 0.628. The maximum absolute atomic E-state index is 13.4. The third kappa shape index (κ3) is 5.20. The number of H-pyrrole nitrogens is 1. The number of aromatic amines is 1. The first-order chi connectivity index (χ1) is 15.7. The molecule has 0 saturated heterocycles. The molecule has 0 saturated carbocycles. The smallest absolute Gasteiger partial charge is 0.166 e. The van der Waals surface area contributed by atoms with E-state index in [1.165, 1.54) is 23.9 Å². The van der Waals surface area contributed by atoms with Gasteiger partial charge in [-0.05, 0) is 61.5 Å². The number of rotatable bonds is 9. The fraction of sp³-hybridized carbons (Fsp3) is 0.125. The Bertz CT molecular complexity index is 1210. The molecule has 2 heterocycles. The molecule has 0 spiro atoms. The summed E-state index contributed by atoms with van der Waals surface area (Å²) >= 11 is 3.26. The van der Waals surface area contributed by atoms with Gasteiger partial charge in [0.05, 0.1) is 17.1 Å². The van der Waals surface area contributed by atoms with Gasteiger partial charge in [0.25, 0.3) is 0 Å². The highest BCUT2D eigenvalue weighted by atomic mass is 32.2. The molecule has 0 radical (unpaired) electrons. The molecular formula is C24H22FN5S2. The van der Waals surface area contributed by atoms with Crippen molar-refractivity contribution in [3.05, 3.63) is 72.7 Å². The van der Waals surface area contributed by atoms with E-state index in [1.807, 2.05) is 42.7 Å². The Kier molecular flexibility index (Phi) is 7.24. The van der Waals surface area contributed by atoms with Crippen LogP contribution in [0, 0.1) is 5.82 Å². The fourth-order valence-electron chi connectivity index (χ4n) is 3.21. The molecule has 4 rings (SSSR count). The first kappa shape index (κ1) is 22.1. The number of benzene rings is 2. The van der Waals surface area contributed by atoms with Crippen molar-refractivity contribution in [2.75, 3.05) is 23.9 Å². The Labute approximate surface area is 195 Å². The molecule has 5 nitrogen and oxygen atoms in total. The lowest BCUT2D eigenvalue weighted by atomic mass is 10.1. The van der Waals surface area contributed by atoms with Crippen LogP contribution >= 0.6 is 23.5 Å². The average Bonchev–Trinajstić information content (AvgIpc) is 3.27. The summed E-state index contributed by atoms with van der Waals surface area (Å²) in [5.41, 5.74) is 4.38. The number of pyridine rings is 1. The van der Waals surface area contributed by atoms with Gasteiger partial charge < -0.3 is 10.3 Å². The molecular weight excluding hydrogens is 441 g/mol. The van der Waals surface area contributed by atoms with Crippen molar-refractivity contribution >= 4 is 41.7 Å². The van der Waals surface area contributed by atoms with Gasteiger partial charge >= 0.3 is 0 Å². The molecule has 0 amide bonds. The van der Waals surface area contributed by atoms with Crippen molar-refractivity contribution in [2.45, 2.75) is 10.1 Å². The van der Waals surface area contributed by atoms with E-state index in [2.05, 4.69) is 27.0 Å². The number of nitrogens with one attached hydrogen (secondary N) is 2. The van der Waals surface area contributed by atoms with Gasteiger partial charge in [-0.2, -0.15) is 0 Å². The van der Waals surface area contributed by atoms with E-state index in [9.17, 15) is 4.39 Å². The van der Waals surface area contributed by atoms with Gasteiger partial charge in [-0.3, -0.25) is 4.99 Å². The van der Waals surface area contributed by atoms with E-state index >= 15 is 0 Å². The first-order valence-corrected chi connectivity index (χ1v) is 12.2. The number of halogens is 1. The zero-order valence-electron chi connectivity index (χ0n) is 17.5. The number of hydrogen-bond acceptors (Lipinski definition) is 6. The van der Waals surface area contributed by atoms with Gasteiger partial charge in [0, 0.05) is 34.5 Å². The molecule has 0 fully saturated rings. The predicted molar refractivity (Wildman–Crippen MR) is 134 cm³/mol. The minimum absolute atomic E-state index is 0.264. The van der Waals surface area contributed by atoms with Crippen LogP contribution < -0.4 is 5.32 Å². The molecule has 32 heavy (non-hydrogen) atoms. The van der Waals surface area contributed by atoms with Gasteiger partial charge in [0.1, 0.15) is 11.6 Å². The molecule has 0 bridgehead atoms. The zero-order valence-corrected chi connectivity index (χ0v) is 19.1. The van der Waals surface area contributed by atoms with Crippen molar-refractivity contribution < 1.29 is 4.39 Å². The second-order valence-electron chi connectivity index (χ2n) is 6.81. The Morgan fingerprint density at radius 3 is 2.69 bits per heavy atom. The van der Waals surface area contributed by atoms with Crippen molar-refractivity contribution in [2.24, 2.45) is 4.99 Å². The zero-order chi connectivity index (χ0) is 22.3. The molecule has 8 heteroatoms. The van der Waals surface area contributed by atoms with Crippen LogP contribution in [-0.4, -0.2) is 40.2 Å². The maximum Gasteiger partial charge on any atom is 0.166 e. The standard InChI is InChI=1S/C24H22FN5S2/c1-26-19-5-3-4-6-20(19)32-14-13-28-21-15-17(11-12-27-21)23-22(29-24(30-23)31-2)16-7-9-18(25)10-8-16/h3-12,15H,1,13-14H2,2H3,(H,27,28)(H,29,30). The van der Waals surface area contributed by atoms with Crippen LogP contribution in [0.15, 0.2) is 81.9 Å². The quantitative estimate of drug-likeness (QED) is 0.168. The number of nitrogens with zero attached hydrogens (tertiary/aromatic N) is 3. The molecule has 162 valence electrons. The topological polar surface area (TPSA) is 66.0 Å². The number of aliphatic imine (C=N–C) groups is 1. The minimum Gasteiger partial charge on any atom is -0.369 e. The molecule has 0 atom stereocenters. The summed E-state index contributed by atoms with van der Waals surface area (Å²) in [6.45, 7) is 4.37. The Morgan fingerprint density at radius 1 is 1.09 bits per heavy atom. The summed E-state index contributed by atoms with van der Waals surface area (Å²) in [5.74, 6) is 1.37. The van der Waals surface area contributed by atoms with Gasteiger partial charge in [0.2, 0.25) is 0 Å². The highest BCUT2D eigenvalue weighted by Gasteiger charge is 2.15. The van der Waals surface area contributed by atoms with Crippen LogP contribution in [-0.2, 0) is 0 Å². The van der Waals surface area contributed by atoms with E-state index in [4.69, 9.17) is 4.98 Å². The second kappa shape index (κ2) is 10.5. The first-order valence-electron chi connectivity index (χ1n) is 9.96. The van der Waals surface area contributed by atoms with E-state index in [-0.39, 0.29) is 5.82 Å². The van der Waals surface area contributed by atoms with Crippen molar-refractivity contribution in [3.8, 4) is 22.5 Å². The summed E-state index contributed by atoms with van der Waals surface area (Å²) in [5, 5.41) is 4.18. The highest BCUT2D eigenvalue weighted by molar-refractivity contribution is 7.99. The number of anilines is 1. The van der Waals surface area contributed by atoms with Crippen LogP contribution in [0.4, 0.5) is 15.9 Å². The van der Waals surface area contributed by atoms with Crippen molar-refractivity contribution in [3.63, 3.8) is 0 Å². The van der Waals surface area contributed by atoms with Gasteiger partial charge in [-0.1, -0.05) is 23.9 Å². The number of imidazole rings is 1. The Balaban J connectivity index is 1.49. The van der Waals surface area contributed by atoms with Crippen LogP contribution in [0.25, 0.3) is 22.5 Å². The Hall–Kier alpha value is -3.10. The third-order valence-corrected chi connectivity index (χ3v) is 6.39. The number of thioether (sulfide) groups is 2. The predicted octanol–water partition coefficient (Wildman–Crippen LogP) is 6.54. The van der Waals surface area contributed by atoms with E-state index in [1.54, 1.807) is 30.1 Å². The van der Waals surface area contributed by atoms with Crippen molar-refractivity contribution in [1.29, 1.82) is 0 Å². The number of para-hydroxylation sites is 1. The molecule has 0 aliphatic carbocycles. The van der Waals surface area contributed by atoms with Crippen molar-refractivity contribution in [1.82, 2.24) is 15.0 Å². The maximum atomic E-state index is 13.4. The SMILES string of the molecule is C=Nc1ccccc1SCCNc1cc(-c2nc(SC)[nH]c2-c2ccc(F)cc2)ccn1. The van der Waals surface area contributed by atoms with E-state index in [0.717, 1.165) is 56.4 Å². The Morgan fingerprint density at radius 2 is 1.91 bits per heavy atom. The monoisotopic (exact) mass is 463 g/mol.